The summed E-state index contributed by atoms with van der Waals surface area (Å²) in [5, 5.41) is 10.4. The van der Waals surface area contributed by atoms with Crippen molar-refractivity contribution in [2.24, 2.45) is 0 Å². The molecule has 7 nitrogen and oxygen atoms in total. The van der Waals surface area contributed by atoms with E-state index in [-0.39, 0.29) is 11.6 Å². The van der Waals surface area contributed by atoms with Gasteiger partial charge >= 0.3 is 5.63 Å². The fourth-order valence-corrected chi connectivity index (χ4v) is 4.76. The number of hydrogen-bond donors (Lipinski definition) is 1. The molecule has 0 atom stereocenters. The Hall–Kier alpha value is -4.56. The van der Waals surface area contributed by atoms with E-state index in [9.17, 15) is 9.59 Å². The lowest BCUT2D eigenvalue weighted by atomic mass is 10.0. The van der Waals surface area contributed by atoms with E-state index in [1.807, 2.05) is 60.8 Å². The highest BCUT2D eigenvalue weighted by Gasteiger charge is 2.22. The monoisotopic (exact) mass is 479 g/mol. The van der Waals surface area contributed by atoms with Crippen LogP contribution < -0.4 is 10.9 Å². The van der Waals surface area contributed by atoms with Gasteiger partial charge in [0.1, 0.15) is 11.3 Å². The molecule has 0 unspecified atom stereocenters. The first-order chi connectivity index (χ1) is 17.1. The van der Waals surface area contributed by atoms with Gasteiger partial charge < -0.3 is 14.3 Å². The molecule has 8 heteroatoms. The number of nitrogens with zero attached hydrogens (tertiary/aromatic N) is 2. The molecule has 1 N–H and O–H groups in total. The molecule has 1 amide bonds. The average Bonchev–Trinajstić information content (AvgIpc) is 3.54. The number of pyridine rings is 1. The fraction of sp³-hybridized carbons (Fsp3) is 0.0370. The van der Waals surface area contributed by atoms with Crippen molar-refractivity contribution < 1.29 is 13.7 Å². The molecule has 0 spiro atoms. The van der Waals surface area contributed by atoms with Crippen LogP contribution in [0.2, 0.25) is 0 Å². The summed E-state index contributed by atoms with van der Waals surface area (Å²) in [6.45, 7) is 1.84. The Morgan fingerprint density at radius 3 is 2.66 bits per heavy atom. The minimum Gasteiger partial charge on any atom is -0.423 e. The second-order valence-electron chi connectivity index (χ2n) is 8.02. The molecular weight excluding hydrogens is 462 g/mol. The van der Waals surface area contributed by atoms with Gasteiger partial charge in [0.05, 0.1) is 21.5 Å². The van der Waals surface area contributed by atoms with E-state index in [0.717, 1.165) is 21.4 Å². The van der Waals surface area contributed by atoms with Crippen molar-refractivity contribution in [2.75, 3.05) is 5.32 Å². The van der Waals surface area contributed by atoms with Crippen molar-refractivity contribution in [2.45, 2.75) is 6.92 Å². The summed E-state index contributed by atoms with van der Waals surface area (Å²) in [5.41, 5.74) is 3.90. The fourth-order valence-electron chi connectivity index (χ4n) is 4.07. The minimum atomic E-state index is -0.438. The number of hydrogen-bond acceptors (Lipinski definition) is 7. The SMILES string of the molecule is Cc1cc(=O)oc2cc(NC(=O)c3cc(-c4cccs4)nc4onc(-c5ccccc5)c34)ccc12. The highest BCUT2D eigenvalue weighted by atomic mass is 32.1. The van der Waals surface area contributed by atoms with Gasteiger partial charge in [-0.2, -0.15) is 0 Å². The molecule has 4 heterocycles. The maximum Gasteiger partial charge on any atom is 0.336 e. The predicted molar refractivity (Wildman–Crippen MR) is 136 cm³/mol. The second kappa shape index (κ2) is 8.34. The zero-order valence-electron chi connectivity index (χ0n) is 18.4. The lowest BCUT2D eigenvalue weighted by Crippen LogP contribution is -2.13. The van der Waals surface area contributed by atoms with E-state index in [0.29, 0.717) is 33.6 Å². The van der Waals surface area contributed by atoms with Gasteiger partial charge in [-0.1, -0.05) is 41.6 Å². The summed E-state index contributed by atoms with van der Waals surface area (Å²) in [5.74, 6) is -0.357. The Morgan fingerprint density at radius 1 is 1.00 bits per heavy atom. The predicted octanol–water partition coefficient (Wildman–Crippen LogP) is 6.29. The van der Waals surface area contributed by atoms with Crippen LogP contribution in [-0.4, -0.2) is 16.0 Å². The number of amides is 1. The molecule has 2 aromatic carbocycles. The van der Waals surface area contributed by atoms with Crippen LogP contribution >= 0.6 is 11.3 Å². The highest BCUT2D eigenvalue weighted by molar-refractivity contribution is 7.13. The summed E-state index contributed by atoms with van der Waals surface area (Å²) >= 11 is 1.52. The van der Waals surface area contributed by atoms with E-state index in [4.69, 9.17) is 8.94 Å². The number of aryl methyl sites for hydroxylation is 1. The lowest BCUT2D eigenvalue weighted by Gasteiger charge is -2.09. The van der Waals surface area contributed by atoms with Gasteiger partial charge in [-0.3, -0.25) is 4.79 Å². The number of fused-ring (bicyclic) bond motifs is 2. The van der Waals surface area contributed by atoms with Gasteiger partial charge in [0.2, 0.25) is 0 Å². The first-order valence-corrected chi connectivity index (χ1v) is 11.7. The molecule has 0 radical (unpaired) electrons. The summed E-state index contributed by atoms with van der Waals surface area (Å²) in [7, 11) is 0. The van der Waals surface area contributed by atoms with Gasteiger partial charge in [-0.15, -0.1) is 11.3 Å². The molecule has 0 aliphatic rings. The van der Waals surface area contributed by atoms with E-state index < -0.39 is 5.63 Å². The van der Waals surface area contributed by atoms with Crippen molar-refractivity contribution in [3.8, 4) is 21.8 Å². The molecule has 0 aliphatic heterocycles. The van der Waals surface area contributed by atoms with Gasteiger partial charge in [-0.25, -0.2) is 9.78 Å². The standard InChI is InChI=1S/C27H17N3O4S/c1-15-12-23(31)33-21-13-17(9-10-18(15)21)28-26(32)19-14-20(22-8-5-11-35-22)29-27-24(19)25(30-34-27)16-6-3-2-4-7-16/h2-14H,1H3,(H,28,32). The quantitative estimate of drug-likeness (QED) is 0.299. The van der Waals surface area contributed by atoms with Crippen LogP contribution in [0.5, 0.6) is 0 Å². The molecule has 6 rings (SSSR count). The number of carbonyl (C=O) groups is 1. The Balaban J connectivity index is 1.49. The van der Waals surface area contributed by atoms with Crippen LogP contribution in [0, 0.1) is 6.92 Å². The number of anilines is 1. The van der Waals surface area contributed by atoms with Crippen molar-refractivity contribution >= 4 is 45.0 Å². The van der Waals surface area contributed by atoms with E-state index in [1.165, 1.54) is 17.4 Å². The first kappa shape index (κ1) is 21.0. The molecule has 0 aliphatic carbocycles. The molecule has 6 aromatic rings. The van der Waals surface area contributed by atoms with Crippen LogP contribution in [0.4, 0.5) is 5.69 Å². The number of benzene rings is 2. The molecule has 0 bridgehead atoms. The topological polar surface area (TPSA) is 98.2 Å². The third-order valence-electron chi connectivity index (χ3n) is 5.72. The smallest absolute Gasteiger partial charge is 0.336 e. The van der Waals surface area contributed by atoms with Crippen molar-refractivity contribution in [1.82, 2.24) is 10.1 Å². The van der Waals surface area contributed by atoms with Crippen molar-refractivity contribution in [3.05, 3.63) is 99.7 Å². The number of thiophene rings is 1. The Labute approximate surface area is 202 Å². The molecule has 0 saturated carbocycles. The van der Waals surface area contributed by atoms with Crippen LogP contribution in [0.15, 0.2) is 91.9 Å². The molecular formula is C27H17N3O4S. The van der Waals surface area contributed by atoms with Gasteiger partial charge in [0.15, 0.2) is 0 Å². The average molecular weight is 480 g/mol. The zero-order chi connectivity index (χ0) is 23.9. The third-order valence-corrected chi connectivity index (χ3v) is 6.61. The molecule has 4 aromatic heterocycles. The van der Waals surface area contributed by atoms with Crippen LogP contribution in [-0.2, 0) is 0 Å². The Bertz CT molecular complexity index is 1770. The largest absolute Gasteiger partial charge is 0.423 e. The van der Waals surface area contributed by atoms with E-state index in [2.05, 4.69) is 15.5 Å². The maximum absolute atomic E-state index is 13.6. The minimum absolute atomic E-state index is 0.278. The summed E-state index contributed by atoms with van der Waals surface area (Å²) < 4.78 is 10.9. The molecule has 170 valence electrons. The van der Waals surface area contributed by atoms with Crippen molar-refractivity contribution in [1.29, 1.82) is 0 Å². The Kier molecular flexibility index (Phi) is 5.00. The molecule has 0 saturated heterocycles. The van der Waals surface area contributed by atoms with Crippen LogP contribution in [0.3, 0.4) is 0 Å². The zero-order valence-corrected chi connectivity index (χ0v) is 19.3. The summed E-state index contributed by atoms with van der Waals surface area (Å²) in [6.07, 6.45) is 0. The molecule has 35 heavy (non-hydrogen) atoms. The van der Waals surface area contributed by atoms with Crippen LogP contribution in [0.1, 0.15) is 15.9 Å². The third kappa shape index (κ3) is 3.79. The van der Waals surface area contributed by atoms with E-state index >= 15 is 0 Å². The summed E-state index contributed by atoms with van der Waals surface area (Å²) in [4.78, 5) is 31.0. The number of aromatic nitrogens is 2. The molecule has 0 fully saturated rings. The van der Waals surface area contributed by atoms with Crippen molar-refractivity contribution in [3.63, 3.8) is 0 Å². The van der Waals surface area contributed by atoms with Gasteiger partial charge in [-0.05, 0) is 42.1 Å². The Morgan fingerprint density at radius 2 is 1.86 bits per heavy atom. The van der Waals surface area contributed by atoms with Gasteiger partial charge in [0.25, 0.3) is 11.6 Å². The van der Waals surface area contributed by atoms with Gasteiger partial charge in [0, 0.05) is 28.8 Å². The number of nitrogens with one attached hydrogen (secondary N) is 1. The van der Waals surface area contributed by atoms with Crippen LogP contribution in [0.25, 0.3) is 43.9 Å². The first-order valence-electron chi connectivity index (χ1n) is 10.8. The normalized spacial score (nSPS) is 11.2. The number of carbonyl (C=O) groups excluding carboxylic acids is 1. The number of rotatable bonds is 4. The highest BCUT2D eigenvalue weighted by Crippen LogP contribution is 2.34. The van der Waals surface area contributed by atoms with E-state index in [1.54, 1.807) is 18.2 Å². The second-order valence-corrected chi connectivity index (χ2v) is 8.97. The maximum atomic E-state index is 13.6. The lowest BCUT2D eigenvalue weighted by molar-refractivity contribution is 0.102. The summed E-state index contributed by atoms with van der Waals surface area (Å²) in [6, 6.07) is 21.8.